The number of nitro groups is 1. The maximum atomic E-state index is 13.7. The molecule has 0 bridgehead atoms. The van der Waals surface area contributed by atoms with Crippen LogP contribution in [-0.2, 0) is 24.6 Å². The molecule has 0 saturated carbocycles. The minimum atomic E-state index is -4.25. The standard InChI is InChI=1S/C24H33ClN4O5S2/c1-23(2,3)18-24(4,5)26-35(28-14-16-34-17-15-28,21-10-6-19(25)7-11-21)27-36(32,33)22-12-8-20(9-13-22)29(30)31/h6-13H,14-18H2,1-5H3. The van der Waals surface area contributed by atoms with Crippen LogP contribution < -0.4 is 0 Å². The molecule has 0 N–H and O–H groups in total. The van der Waals surface area contributed by atoms with Crippen LogP contribution in [0.4, 0.5) is 5.69 Å². The van der Waals surface area contributed by atoms with E-state index in [4.69, 9.17) is 20.7 Å². The topological polar surface area (TPSA) is 114 Å². The predicted octanol–water partition coefficient (Wildman–Crippen LogP) is 5.98. The predicted molar refractivity (Wildman–Crippen MR) is 143 cm³/mol. The van der Waals surface area contributed by atoms with E-state index in [9.17, 15) is 18.5 Å². The summed E-state index contributed by atoms with van der Waals surface area (Å²) in [5.74, 6) is 0. The van der Waals surface area contributed by atoms with Crippen LogP contribution in [0.1, 0.15) is 41.0 Å². The second-order valence-electron chi connectivity index (χ2n) is 10.5. The summed E-state index contributed by atoms with van der Waals surface area (Å²) < 4.78 is 44.8. The van der Waals surface area contributed by atoms with E-state index in [0.717, 1.165) is 12.1 Å². The molecule has 1 fully saturated rings. The number of rotatable bonds is 7. The SMILES string of the molecule is CC(C)(C)CC(C)(C)N=S(=NS(=O)(=O)c1ccc([N+](=O)[O-])cc1)(c1ccc(Cl)cc1)N1CCOCC1. The molecule has 0 spiro atoms. The Labute approximate surface area is 219 Å². The zero-order chi connectivity index (χ0) is 26.8. The van der Waals surface area contributed by atoms with Crippen LogP contribution in [0.25, 0.3) is 0 Å². The van der Waals surface area contributed by atoms with E-state index in [1.807, 2.05) is 18.2 Å². The Morgan fingerprint density at radius 3 is 2.00 bits per heavy atom. The molecule has 2 aromatic rings. The van der Waals surface area contributed by atoms with Crippen molar-refractivity contribution in [2.45, 2.75) is 56.4 Å². The molecular weight excluding hydrogens is 524 g/mol. The second kappa shape index (κ2) is 10.7. The fraction of sp³-hybridized carbons (Fsp3) is 0.500. The summed E-state index contributed by atoms with van der Waals surface area (Å²) in [7, 11) is -7.09. The summed E-state index contributed by atoms with van der Waals surface area (Å²) in [6.45, 7) is 12.1. The van der Waals surface area contributed by atoms with Crippen molar-refractivity contribution in [3.63, 3.8) is 0 Å². The third kappa shape index (κ3) is 7.04. The zero-order valence-electron chi connectivity index (χ0n) is 21.2. The lowest BCUT2D eigenvalue weighted by Gasteiger charge is -2.37. The average molecular weight is 557 g/mol. The normalized spacial score (nSPS) is 17.3. The van der Waals surface area contributed by atoms with Gasteiger partial charge in [0.25, 0.3) is 15.7 Å². The number of hydrogen-bond acceptors (Lipinski definition) is 6. The fourth-order valence-corrected chi connectivity index (χ4v) is 9.71. The summed E-state index contributed by atoms with van der Waals surface area (Å²) in [6, 6.07) is 11.7. The molecule has 0 amide bonds. The lowest BCUT2D eigenvalue weighted by atomic mass is 9.82. The summed E-state index contributed by atoms with van der Waals surface area (Å²) in [5.41, 5.74) is -0.894. The highest BCUT2D eigenvalue weighted by atomic mass is 35.5. The van der Waals surface area contributed by atoms with Gasteiger partial charge in [-0.1, -0.05) is 32.4 Å². The monoisotopic (exact) mass is 556 g/mol. The van der Waals surface area contributed by atoms with E-state index in [1.165, 1.54) is 12.1 Å². The van der Waals surface area contributed by atoms with Crippen LogP contribution in [0.5, 0.6) is 0 Å². The van der Waals surface area contributed by atoms with Crippen LogP contribution in [0.15, 0.2) is 66.5 Å². The van der Waals surface area contributed by atoms with Crippen LogP contribution in [0.2, 0.25) is 5.02 Å². The first kappa shape index (κ1) is 28.5. The van der Waals surface area contributed by atoms with Crippen molar-refractivity contribution in [1.82, 2.24) is 4.31 Å². The number of ether oxygens (including phenoxy) is 1. The van der Waals surface area contributed by atoms with Crippen molar-refractivity contribution in [3.05, 3.63) is 63.7 Å². The van der Waals surface area contributed by atoms with Crippen LogP contribution in [-0.4, -0.2) is 49.5 Å². The van der Waals surface area contributed by atoms with Crippen LogP contribution in [0, 0.1) is 15.5 Å². The Balaban J connectivity index is 2.38. The van der Waals surface area contributed by atoms with Gasteiger partial charge in [-0.2, -0.15) is 8.42 Å². The first-order chi connectivity index (χ1) is 16.6. The number of halogens is 1. The summed E-state index contributed by atoms with van der Waals surface area (Å²) in [6.07, 6.45) is 0.694. The van der Waals surface area contributed by atoms with Crippen molar-refractivity contribution in [2.75, 3.05) is 26.3 Å². The molecule has 1 saturated heterocycles. The molecule has 12 heteroatoms. The first-order valence-corrected chi connectivity index (χ1v) is 14.9. The van der Waals surface area contributed by atoms with Gasteiger partial charge in [0, 0.05) is 44.9 Å². The van der Waals surface area contributed by atoms with Gasteiger partial charge in [-0.3, -0.25) is 10.1 Å². The molecule has 1 aliphatic heterocycles. The molecule has 0 aromatic heterocycles. The minimum absolute atomic E-state index is 0.0690. The summed E-state index contributed by atoms with van der Waals surface area (Å²) in [4.78, 5) is 11.0. The molecule has 9 nitrogen and oxygen atoms in total. The average Bonchev–Trinajstić information content (AvgIpc) is 2.77. The number of benzene rings is 2. The Bertz CT molecular complexity index is 1320. The van der Waals surface area contributed by atoms with Crippen LogP contribution in [0.3, 0.4) is 0 Å². The molecule has 3 rings (SSSR count). The van der Waals surface area contributed by atoms with Gasteiger partial charge in [-0.25, -0.2) is 8.67 Å². The maximum Gasteiger partial charge on any atom is 0.290 e. The summed E-state index contributed by atoms with van der Waals surface area (Å²) in [5, 5.41) is 11.6. The van der Waals surface area contributed by atoms with E-state index in [-0.39, 0.29) is 16.0 Å². The van der Waals surface area contributed by atoms with Gasteiger partial charge in [0.2, 0.25) is 0 Å². The fourth-order valence-electron chi connectivity index (χ4n) is 4.38. The Kier molecular flexibility index (Phi) is 8.51. The van der Waals surface area contributed by atoms with Crippen LogP contribution >= 0.6 is 11.6 Å². The largest absolute Gasteiger partial charge is 0.379 e. The van der Waals surface area contributed by atoms with E-state index in [1.54, 1.807) is 24.3 Å². The summed E-state index contributed by atoms with van der Waals surface area (Å²) >= 11 is 6.18. The Hall–Kier alpha value is -2.05. The molecule has 1 aliphatic rings. The minimum Gasteiger partial charge on any atom is -0.379 e. The smallest absolute Gasteiger partial charge is 0.290 e. The molecule has 1 atom stereocenters. The third-order valence-electron chi connectivity index (χ3n) is 5.34. The number of hydrogen-bond donors (Lipinski definition) is 0. The highest BCUT2D eigenvalue weighted by Gasteiger charge is 2.33. The molecule has 0 aliphatic carbocycles. The second-order valence-corrected chi connectivity index (χ2v) is 15.1. The van der Waals surface area contributed by atoms with Gasteiger partial charge in [0.1, 0.15) is 0 Å². The molecule has 0 radical (unpaired) electrons. The molecule has 36 heavy (non-hydrogen) atoms. The van der Waals surface area contributed by atoms with Crippen molar-refractivity contribution in [2.24, 2.45) is 13.5 Å². The molecule has 198 valence electrons. The van der Waals surface area contributed by atoms with E-state index >= 15 is 0 Å². The van der Waals surface area contributed by atoms with Crippen molar-refractivity contribution >= 4 is 37.1 Å². The number of non-ortho nitro benzene ring substituents is 1. The number of sulfonamides is 1. The number of nitro benzene ring substituents is 1. The van der Waals surface area contributed by atoms with E-state index in [0.29, 0.717) is 42.6 Å². The Morgan fingerprint density at radius 1 is 0.972 bits per heavy atom. The third-order valence-corrected chi connectivity index (χ3v) is 10.8. The highest BCUT2D eigenvalue weighted by Crippen LogP contribution is 2.35. The molecule has 1 heterocycles. The van der Waals surface area contributed by atoms with Gasteiger partial charge < -0.3 is 4.74 Å². The highest BCUT2D eigenvalue weighted by molar-refractivity contribution is 8.03. The van der Waals surface area contributed by atoms with E-state index in [2.05, 4.69) is 24.5 Å². The lowest BCUT2D eigenvalue weighted by molar-refractivity contribution is -0.384. The van der Waals surface area contributed by atoms with Crippen molar-refractivity contribution in [1.29, 1.82) is 0 Å². The van der Waals surface area contributed by atoms with Gasteiger partial charge >= 0.3 is 0 Å². The quantitative estimate of drug-likeness (QED) is 0.306. The first-order valence-electron chi connectivity index (χ1n) is 11.5. The number of nitrogens with zero attached hydrogens (tertiary/aromatic N) is 4. The molecule has 1 unspecified atom stereocenters. The van der Waals surface area contributed by atoms with Gasteiger partial charge in [-0.05, 0) is 62.1 Å². The lowest BCUT2D eigenvalue weighted by Crippen LogP contribution is -2.42. The molecular formula is C24H33ClN4O5S2. The van der Waals surface area contributed by atoms with Crippen molar-refractivity contribution in [3.8, 4) is 0 Å². The molecule has 2 aromatic carbocycles. The van der Waals surface area contributed by atoms with E-state index < -0.39 is 30.3 Å². The van der Waals surface area contributed by atoms with Gasteiger partial charge in [0.05, 0.1) is 28.6 Å². The maximum absolute atomic E-state index is 13.7. The number of morpholine rings is 1. The van der Waals surface area contributed by atoms with Gasteiger partial charge in [0.15, 0.2) is 0 Å². The van der Waals surface area contributed by atoms with Crippen molar-refractivity contribution < 1.29 is 18.1 Å². The zero-order valence-corrected chi connectivity index (χ0v) is 23.6. The Morgan fingerprint density at radius 2 is 1.50 bits per heavy atom. The van der Waals surface area contributed by atoms with Gasteiger partial charge in [-0.15, -0.1) is 3.77 Å².